The molecule has 1 N–H and O–H groups in total. The third-order valence-corrected chi connectivity index (χ3v) is 3.88. The van der Waals surface area contributed by atoms with Crippen molar-refractivity contribution in [3.05, 3.63) is 42.5 Å². The van der Waals surface area contributed by atoms with Gasteiger partial charge in [-0.15, -0.1) is 10.2 Å². The third-order valence-electron chi connectivity index (χ3n) is 3.88. The minimum Gasteiger partial charge on any atom is -0.376 e. The van der Waals surface area contributed by atoms with Crippen molar-refractivity contribution in [2.24, 2.45) is 0 Å². The summed E-state index contributed by atoms with van der Waals surface area (Å²) in [6.07, 6.45) is 2.47. The van der Waals surface area contributed by atoms with Crippen LogP contribution in [-0.4, -0.2) is 39.6 Å². The summed E-state index contributed by atoms with van der Waals surface area (Å²) < 4.78 is 10.9. The van der Waals surface area contributed by atoms with Gasteiger partial charge in [-0.25, -0.2) is 0 Å². The molecule has 122 valence electrons. The lowest BCUT2D eigenvalue weighted by Crippen LogP contribution is -2.19. The van der Waals surface area contributed by atoms with E-state index in [0.717, 1.165) is 31.6 Å². The van der Waals surface area contributed by atoms with E-state index in [9.17, 15) is 0 Å². The van der Waals surface area contributed by atoms with Gasteiger partial charge in [0.15, 0.2) is 5.69 Å². The van der Waals surface area contributed by atoms with Gasteiger partial charge in [0.05, 0.1) is 6.10 Å². The first-order valence-corrected chi connectivity index (χ1v) is 7.97. The SMILES string of the molecule is c1ccc(-c2noc(-c3ccc(NCC4CCCO4)nn3)n2)cc1. The van der Waals surface area contributed by atoms with Gasteiger partial charge >= 0.3 is 0 Å². The molecule has 3 heterocycles. The molecule has 1 atom stereocenters. The Hall–Kier alpha value is -2.80. The molecule has 7 heteroatoms. The molecule has 1 saturated heterocycles. The minimum atomic E-state index is 0.260. The average Bonchev–Trinajstić information content (AvgIpc) is 3.33. The van der Waals surface area contributed by atoms with Gasteiger partial charge in [-0.2, -0.15) is 4.98 Å². The van der Waals surface area contributed by atoms with Gasteiger partial charge in [0.2, 0.25) is 5.82 Å². The molecule has 1 aliphatic heterocycles. The predicted molar refractivity (Wildman–Crippen MR) is 88.2 cm³/mol. The molecule has 1 unspecified atom stereocenters. The summed E-state index contributed by atoms with van der Waals surface area (Å²) in [6, 6.07) is 13.3. The standard InChI is InChI=1S/C17H17N5O2/c1-2-5-12(6-3-1)16-19-17(24-22-16)14-8-9-15(21-20-14)18-11-13-7-4-10-23-13/h1-3,5-6,8-9,13H,4,7,10-11H2,(H,18,21). The molecule has 0 bridgehead atoms. The zero-order valence-corrected chi connectivity index (χ0v) is 13.1. The zero-order chi connectivity index (χ0) is 16.2. The van der Waals surface area contributed by atoms with Crippen LogP contribution in [-0.2, 0) is 4.74 Å². The lowest BCUT2D eigenvalue weighted by molar-refractivity contribution is 0.120. The van der Waals surface area contributed by atoms with Crippen LogP contribution in [0.3, 0.4) is 0 Å². The summed E-state index contributed by atoms with van der Waals surface area (Å²) in [5.74, 6) is 1.59. The lowest BCUT2D eigenvalue weighted by atomic mass is 10.2. The first kappa shape index (κ1) is 14.8. The van der Waals surface area contributed by atoms with E-state index in [4.69, 9.17) is 9.26 Å². The summed E-state index contributed by atoms with van der Waals surface area (Å²) in [6.45, 7) is 1.59. The van der Waals surface area contributed by atoms with Gasteiger partial charge in [0, 0.05) is 18.7 Å². The number of anilines is 1. The zero-order valence-electron chi connectivity index (χ0n) is 13.1. The Bertz CT molecular complexity index is 782. The van der Waals surface area contributed by atoms with Crippen LogP contribution in [0, 0.1) is 0 Å². The normalized spacial score (nSPS) is 17.1. The maximum Gasteiger partial charge on any atom is 0.278 e. The minimum absolute atomic E-state index is 0.260. The van der Waals surface area contributed by atoms with Crippen molar-refractivity contribution >= 4 is 5.82 Å². The fourth-order valence-corrected chi connectivity index (χ4v) is 2.60. The molecular formula is C17H17N5O2. The summed E-state index contributed by atoms with van der Waals surface area (Å²) in [5, 5.41) is 15.5. The second-order valence-electron chi connectivity index (χ2n) is 5.61. The molecule has 7 nitrogen and oxygen atoms in total. The number of hydrogen-bond acceptors (Lipinski definition) is 7. The van der Waals surface area contributed by atoms with Gasteiger partial charge in [-0.3, -0.25) is 0 Å². The molecule has 0 spiro atoms. The topological polar surface area (TPSA) is 86.0 Å². The average molecular weight is 323 g/mol. The van der Waals surface area contributed by atoms with Crippen molar-refractivity contribution in [3.63, 3.8) is 0 Å². The highest BCUT2D eigenvalue weighted by atomic mass is 16.5. The van der Waals surface area contributed by atoms with Gasteiger partial charge in [-0.05, 0) is 25.0 Å². The maximum atomic E-state index is 5.57. The van der Waals surface area contributed by atoms with E-state index in [0.29, 0.717) is 23.2 Å². The Morgan fingerprint density at radius 1 is 1.08 bits per heavy atom. The second-order valence-corrected chi connectivity index (χ2v) is 5.61. The molecule has 0 aliphatic carbocycles. The van der Waals surface area contributed by atoms with E-state index >= 15 is 0 Å². The predicted octanol–water partition coefficient (Wildman–Crippen LogP) is 2.78. The smallest absolute Gasteiger partial charge is 0.278 e. The molecule has 0 saturated carbocycles. The Kier molecular flexibility index (Phi) is 4.16. The molecule has 4 rings (SSSR count). The molecule has 2 aromatic heterocycles. The summed E-state index contributed by atoms with van der Waals surface area (Å²) >= 11 is 0. The van der Waals surface area contributed by atoms with Gasteiger partial charge in [0.25, 0.3) is 5.89 Å². The van der Waals surface area contributed by atoms with Gasteiger partial charge in [-0.1, -0.05) is 35.5 Å². The number of hydrogen-bond donors (Lipinski definition) is 1. The van der Waals surface area contributed by atoms with E-state index in [1.807, 2.05) is 42.5 Å². The number of benzene rings is 1. The fourth-order valence-electron chi connectivity index (χ4n) is 2.60. The summed E-state index contributed by atoms with van der Waals surface area (Å²) in [5.41, 5.74) is 1.45. The van der Waals surface area contributed by atoms with E-state index in [-0.39, 0.29) is 6.10 Å². The molecule has 0 amide bonds. The maximum absolute atomic E-state index is 5.57. The summed E-state index contributed by atoms with van der Waals surface area (Å²) in [4.78, 5) is 4.37. The van der Waals surface area contributed by atoms with Crippen molar-refractivity contribution in [1.82, 2.24) is 20.3 Å². The Balaban J connectivity index is 1.44. The number of nitrogens with zero attached hydrogens (tertiary/aromatic N) is 4. The van der Waals surface area contributed by atoms with Gasteiger partial charge in [0.1, 0.15) is 5.82 Å². The van der Waals surface area contributed by atoms with Crippen LogP contribution in [0.4, 0.5) is 5.82 Å². The van der Waals surface area contributed by atoms with Crippen LogP contribution in [0.2, 0.25) is 0 Å². The first-order chi connectivity index (χ1) is 11.9. The Labute approximate surface area is 139 Å². The highest BCUT2D eigenvalue weighted by molar-refractivity contribution is 5.57. The van der Waals surface area contributed by atoms with E-state index < -0.39 is 0 Å². The van der Waals surface area contributed by atoms with E-state index in [2.05, 4.69) is 25.7 Å². The highest BCUT2D eigenvalue weighted by Gasteiger charge is 2.16. The van der Waals surface area contributed by atoms with Crippen LogP contribution in [0.5, 0.6) is 0 Å². The number of aromatic nitrogens is 4. The monoisotopic (exact) mass is 323 g/mol. The van der Waals surface area contributed by atoms with E-state index in [1.54, 1.807) is 0 Å². The van der Waals surface area contributed by atoms with Crippen LogP contribution < -0.4 is 5.32 Å². The fraction of sp³-hybridized carbons (Fsp3) is 0.294. The number of rotatable bonds is 5. The molecule has 1 aromatic carbocycles. The molecule has 3 aromatic rings. The molecule has 24 heavy (non-hydrogen) atoms. The highest BCUT2D eigenvalue weighted by Crippen LogP contribution is 2.20. The van der Waals surface area contributed by atoms with Crippen molar-refractivity contribution in [3.8, 4) is 23.0 Å². The molecule has 1 aliphatic rings. The van der Waals surface area contributed by atoms with Crippen molar-refractivity contribution in [2.45, 2.75) is 18.9 Å². The van der Waals surface area contributed by atoms with E-state index in [1.165, 1.54) is 0 Å². The number of nitrogens with one attached hydrogen (secondary N) is 1. The largest absolute Gasteiger partial charge is 0.376 e. The molecular weight excluding hydrogens is 306 g/mol. The van der Waals surface area contributed by atoms with Crippen molar-refractivity contribution < 1.29 is 9.26 Å². The van der Waals surface area contributed by atoms with Crippen LogP contribution in [0.15, 0.2) is 47.0 Å². The van der Waals surface area contributed by atoms with Crippen LogP contribution >= 0.6 is 0 Å². The quantitative estimate of drug-likeness (QED) is 0.772. The van der Waals surface area contributed by atoms with Crippen LogP contribution in [0.1, 0.15) is 12.8 Å². The Morgan fingerprint density at radius 2 is 2.00 bits per heavy atom. The van der Waals surface area contributed by atoms with Crippen molar-refractivity contribution in [2.75, 3.05) is 18.5 Å². The molecule has 1 fully saturated rings. The lowest BCUT2D eigenvalue weighted by Gasteiger charge is -2.10. The Morgan fingerprint density at radius 3 is 2.75 bits per heavy atom. The van der Waals surface area contributed by atoms with Crippen LogP contribution in [0.25, 0.3) is 23.0 Å². The summed E-state index contributed by atoms with van der Waals surface area (Å²) in [7, 11) is 0. The third kappa shape index (κ3) is 3.26. The van der Waals surface area contributed by atoms with Gasteiger partial charge < -0.3 is 14.6 Å². The first-order valence-electron chi connectivity index (χ1n) is 7.97. The van der Waals surface area contributed by atoms with Crippen molar-refractivity contribution in [1.29, 1.82) is 0 Å². The number of ether oxygens (including phenoxy) is 1. The molecule has 0 radical (unpaired) electrons. The second kappa shape index (κ2) is 6.76.